The lowest BCUT2D eigenvalue weighted by Crippen LogP contribution is -2.40. The van der Waals surface area contributed by atoms with Gasteiger partial charge in [-0.1, -0.05) is 13.3 Å². The van der Waals surface area contributed by atoms with Gasteiger partial charge in [-0.3, -0.25) is 4.90 Å². The third-order valence-electron chi connectivity index (χ3n) is 3.74. The zero-order chi connectivity index (χ0) is 12.8. The molecule has 0 saturated carbocycles. The van der Waals surface area contributed by atoms with Gasteiger partial charge in [-0.15, -0.1) is 0 Å². The van der Waals surface area contributed by atoms with Gasteiger partial charge in [0.1, 0.15) is 0 Å². The molecule has 4 nitrogen and oxygen atoms in total. The molecule has 4 heteroatoms. The van der Waals surface area contributed by atoms with Crippen LogP contribution < -0.4 is 5.32 Å². The molecular weight excluding hydrogens is 224 g/mol. The molecule has 0 bridgehead atoms. The van der Waals surface area contributed by atoms with E-state index >= 15 is 0 Å². The van der Waals surface area contributed by atoms with E-state index in [1.165, 1.54) is 31.4 Å². The summed E-state index contributed by atoms with van der Waals surface area (Å²) in [4.78, 5) is 11.2. The predicted molar refractivity (Wildman–Crippen MR) is 74.8 cm³/mol. The monoisotopic (exact) mass is 248 g/mol. The van der Waals surface area contributed by atoms with Crippen molar-refractivity contribution in [3.8, 4) is 0 Å². The van der Waals surface area contributed by atoms with E-state index < -0.39 is 0 Å². The van der Waals surface area contributed by atoms with E-state index in [4.69, 9.17) is 0 Å². The highest BCUT2D eigenvalue weighted by Crippen LogP contribution is 2.15. The molecule has 0 spiro atoms. The van der Waals surface area contributed by atoms with E-state index in [1.54, 1.807) is 0 Å². The van der Waals surface area contributed by atoms with Gasteiger partial charge >= 0.3 is 0 Å². The summed E-state index contributed by atoms with van der Waals surface area (Å²) in [7, 11) is 0. The van der Waals surface area contributed by atoms with Gasteiger partial charge in [0.2, 0.25) is 5.95 Å². The van der Waals surface area contributed by atoms with Crippen molar-refractivity contribution in [2.75, 3.05) is 25.0 Å². The molecule has 0 aliphatic carbocycles. The highest BCUT2D eigenvalue weighted by Gasteiger charge is 2.17. The summed E-state index contributed by atoms with van der Waals surface area (Å²) in [5.74, 6) is 0.747. The van der Waals surface area contributed by atoms with Gasteiger partial charge < -0.3 is 5.32 Å². The molecule has 1 aliphatic heterocycles. The fourth-order valence-corrected chi connectivity index (χ4v) is 2.43. The summed E-state index contributed by atoms with van der Waals surface area (Å²) in [5, 5.41) is 3.30. The molecule has 1 aliphatic rings. The zero-order valence-electron chi connectivity index (χ0n) is 11.5. The van der Waals surface area contributed by atoms with Crippen molar-refractivity contribution in [2.45, 2.75) is 45.6 Å². The molecular formula is C14H24N4. The second-order valence-electron chi connectivity index (χ2n) is 5.08. The Balaban J connectivity index is 1.73. The smallest absolute Gasteiger partial charge is 0.222 e. The molecule has 18 heavy (non-hydrogen) atoms. The lowest BCUT2D eigenvalue weighted by molar-refractivity contribution is 0.167. The molecule has 100 valence electrons. The zero-order valence-corrected chi connectivity index (χ0v) is 11.5. The maximum Gasteiger partial charge on any atom is 0.222 e. The van der Waals surface area contributed by atoms with E-state index in [9.17, 15) is 0 Å². The van der Waals surface area contributed by atoms with Crippen molar-refractivity contribution in [1.82, 2.24) is 14.9 Å². The van der Waals surface area contributed by atoms with E-state index in [2.05, 4.69) is 34.0 Å². The van der Waals surface area contributed by atoms with Gasteiger partial charge in [-0.25, -0.2) is 9.97 Å². The predicted octanol–water partition coefficient (Wildman–Crippen LogP) is 2.33. The topological polar surface area (TPSA) is 41.1 Å². The standard InChI is InChI=1S/C14H24N4/c1-3-13-10-16-14(17-11-13)15-7-9-18-8-5-4-6-12(18)2/h10-12H,3-9H2,1-2H3,(H,15,16,17)/t12-/m1/s1. The highest BCUT2D eigenvalue weighted by atomic mass is 15.2. The van der Waals surface area contributed by atoms with Crippen LogP contribution in [0.15, 0.2) is 12.4 Å². The van der Waals surface area contributed by atoms with Crippen LogP contribution >= 0.6 is 0 Å². The minimum Gasteiger partial charge on any atom is -0.353 e. The summed E-state index contributed by atoms with van der Waals surface area (Å²) in [6.07, 6.45) is 8.85. The summed E-state index contributed by atoms with van der Waals surface area (Å²) in [5.41, 5.74) is 1.19. The molecule has 1 aromatic heterocycles. The fourth-order valence-electron chi connectivity index (χ4n) is 2.43. The first-order valence-corrected chi connectivity index (χ1v) is 7.08. The molecule has 1 aromatic rings. The molecule has 1 fully saturated rings. The van der Waals surface area contributed by atoms with E-state index in [0.29, 0.717) is 0 Å². The Morgan fingerprint density at radius 2 is 2.11 bits per heavy atom. The number of likely N-dealkylation sites (tertiary alicyclic amines) is 1. The average Bonchev–Trinajstić information content (AvgIpc) is 2.42. The van der Waals surface area contributed by atoms with Crippen molar-refractivity contribution in [2.24, 2.45) is 0 Å². The number of hydrogen-bond donors (Lipinski definition) is 1. The van der Waals surface area contributed by atoms with Crippen molar-refractivity contribution >= 4 is 5.95 Å². The van der Waals surface area contributed by atoms with Gasteiger partial charge in [-0.05, 0) is 38.3 Å². The first-order valence-electron chi connectivity index (χ1n) is 7.08. The van der Waals surface area contributed by atoms with Crippen molar-refractivity contribution in [1.29, 1.82) is 0 Å². The molecule has 0 amide bonds. The maximum absolute atomic E-state index is 4.31. The van der Waals surface area contributed by atoms with Crippen LogP contribution in [-0.4, -0.2) is 40.5 Å². The Morgan fingerprint density at radius 1 is 1.33 bits per heavy atom. The highest BCUT2D eigenvalue weighted by molar-refractivity contribution is 5.24. The second kappa shape index (κ2) is 6.69. The van der Waals surface area contributed by atoms with Gasteiger partial charge in [0.15, 0.2) is 0 Å². The number of aromatic nitrogens is 2. The first-order chi connectivity index (χ1) is 8.79. The van der Waals surface area contributed by atoms with Gasteiger partial charge in [0, 0.05) is 31.5 Å². The van der Waals surface area contributed by atoms with Crippen LogP contribution in [0, 0.1) is 0 Å². The Morgan fingerprint density at radius 3 is 2.78 bits per heavy atom. The Hall–Kier alpha value is -1.16. The maximum atomic E-state index is 4.31. The Kier molecular flexibility index (Phi) is 4.93. The molecule has 2 heterocycles. The van der Waals surface area contributed by atoms with Crippen LogP contribution in [0.25, 0.3) is 0 Å². The summed E-state index contributed by atoms with van der Waals surface area (Å²) in [6, 6.07) is 0.726. The number of hydrogen-bond acceptors (Lipinski definition) is 4. The summed E-state index contributed by atoms with van der Waals surface area (Å²) < 4.78 is 0. The van der Waals surface area contributed by atoms with Gasteiger partial charge in [0.25, 0.3) is 0 Å². The third-order valence-corrected chi connectivity index (χ3v) is 3.74. The largest absolute Gasteiger partial charge is 0.353 e. The lowest BCUT2D eigenvalue weighted by atomic mass is 10.0. The SMILES string of the molecule is CCc1cnc(NCCN2CCCC[C@H]2C)nc1. The van der Waals surface area contributed by atoms with Crippen molar-refractivity contribution in [3.05, 3.63) is 18.0 Å². The molecule has 0 unspecified atom stereocenters. The van der Waals surface area contributed by atoms with Crippen LogP contribution in [-0.2, 0) is 6.42 Å². The normalized spacial score (nSPS) is 20.9. The number of anilines is 1. The molecule has 0 radical (unpaired) electrons. The van der Waals surface area contributed by atoms with Crippen molar-refractivity contribution < 1.29 is 0 Å². The minimum atomic E-state index is 0.726. The summed E-state index contributed by atoms with van der Waals surface area (Å²) >= 11 is 0. The lowest BCUT2D eigenvalue weighted by Gasteiger charge is -2.33. The molecule has 1 atom stereocenters. The first kappa shape index (κ1) is 13.3. The van der Waals surface area contributed by atoms with E-state index in [0.717, 1.165) is 31.5 Å². The van der Waals surface area contributed by atoms with Crippen molar-refractivity contribution in [3.63, 3.8) is 0 Å². The molecule has 2 rings (SSSR count). The van der Waals surface area contributed by atoms with Crippen LogP contribution in [0.1, 0.15) is 38.7 Å². The fraction of sp³-hybridized carbons (Fsp3) is 0.714. The molecule has 1 saturated heterocycles. The second-order valence-corrected chi connectivity index (χ2v) is 5.08. The van der Waals surface area contributed by atoms with Crippen LogP contribution in [0.4, 0.5) is 5.95 Å². The Bertz CT molecular complexity index is 349. The van der Waals surface area contributed by atoms with Crippen LogP contribution in [0.5, 0.6) is 0 Å². The number of piperidine rings is 1. The average molecular weight is 248 g/mol. The van der Waals surface area contributed by atoms with Gasteiger partial charge in [0.05, 0.1) is 0 Å². The quantitative estimate of drug-likeness (QED) is 0.868. The number of rotatable bonds is 5. The number of aryl methyl sites for hydroxylation is 1. The number of nitrogens with one attached hydrogen (secondary N) is 1. The third kappa shape index (κ3) is 3.67. The minimum absolute atomic E-state index is 0.726. The van der Waals surface area contributed by atoms with Gasteiger partial charge in [-0.2, -0.15) is 0 Å². The number of nitrogens with zero attached hydrogens (tertiary/aromatic N) is 3. The Labute approximate surface area is 110 Å². The molecule has 0 aromatic carbocycles. The van der Waals surface area contributed by atoms with E-state index in [1.807, 2.05) is 12.4 Å². The van der Waals surface area contributed by atoms with Crippen LogP contribution in [0.3, 0.4) is 0 Å². The summed E-state index contributed by atoms with van der Waals surface area (Å²) in [6.45, 7) is 7.68. The van der Waals surface area contributed by atoms with Crippen LogP contribution in [0.2, 0.25) is 0 Å². The van der Waals surface area contributed by atoms with E-state index in [-0.39, 0.29) is 0 Å². The molecule has 1 N–H and O–H groups in total.